The Morgan fingerprint density at radius 2 is 1.95 bits per heavy atom. The van der Waals surface area contributed by atoms with E-state index in [0.29, 0.717) is 18.1 Å². The van der Waals surface area contributed by atoms with Gasteiger partial charge in [0.2, 0.25) is 0 Å². The summed E-state index contributed by atoms with van der Waals surface area (Å²) in [5, 5.41) is 10.9. The Bertz CT molecular complexity index is 438. The molecule has 0 amide bonds. The summed E-state index contributed by atoms with van der Waals surface area (Å²) in [6.07, 6.45) is 0.709. The predicted molar refractivity (Wildman–Crippen MR) is 77.0 cm³/mol. The topological polar surface area (TPSA) is 52.4 Å². The van der Waals surface area contributed by atoms with Gasteiger partial charge in [-0.2, -0.15) is 0 Å². The van der Waals surface area contributed by atoms with Crippen molar-refractivity contribution >= 4 is 17.3 Å². The van der Waals surface area contributed by atoms with Gasteiger partial charge in [-0.1, -0.05) is 13.8 Å². The van der Waals surface area contributed by atoms with Crippen LogP contribution in [0.5, 0.6) is 5.75 Å². The van der Waals surface area contributed by atoms with Crippen molar-refractivity contribution in [2.75, 3.05) is 7.11 Å². The van der Waals surface area contributed by atoms with Crippen LogP contribution in [0.1, 0.15) is 26.3 Å². The van der Waals surface area contributed by atoms with Gasteiger partial charge in [-0.05, 0) is 36.8 Å². The summed E-state index contributed by atoms with van der Waals surface area (Å²) in [4.78, 5) is 10.5. The second-order valence-electron chi connectivity index (χ2n) is 5.09. The monoisotopic (exact) mass is 285 g/mol. The molecular formula is C14H20ClNO3. The highest BCUT2D eigenvalue weighted by Crippen LogP contribution is 2.29. The van der Waals surface area contributed by atoms with Gasteiger partial charge >= 0.3 is 0 Å². The minimum Gasteiger partial charge on any atom is -0.496 e. The largest absolute Gasteiger partial charge is 0.496 e. The quantitative estimate of drug-likeness (QED) is 0.450. The number of nitrogens with zero attached hydrogens (tertiary/aromatic N) is 1. The zero-order valence-corrected chi connectivity index (χ0v) is 12.5. The minimum absolute atomic E-state index is 0.0188. The van der Waals surface area contributed by atoms with E-state index in [2.05, 4.69) is 13.8 Å². The van der Waals surface area contributed by atoms with Gasteiger partial charge in [-0.15, -0.1) is 11.6 Å². The molecule has 0 N–H and O–H groups in total. The smallest absolute Gasteiger partial charge is 0.273 e. The molecule has 2 atom stereocenters. The number of ether oxygens (including phenoxy) is 1. The normalized spacial score (nSPS) is 14.2. The van der Waals surface area contributed by atoms with Crippen LogP contribution in [-0.2, 0) is 6.42 Å². The summed E-state index contributed by atoms with van der Waals surface area (Å²) in [5.74, 6) is 1.19. The standard InChI is InChI=1S/C14H20ClNO3/c1-9(2)14(10(3)15)7-11-5-12(16(17)18)8-13(6-11)19-4/h5-6,8-10,14H,7H2,1-4H3. The number of benzene rings is 1. The van der Waals surface area contributed by atoms with E-state index in [9.17, 15) is 10.1 Å². The van der Waals surface area contributed by atoms with Gasteiger partial charge in [-0.3, -0.25) is 10.1 Å². The highest BCUT2D eigenvalue weighted by molar-refractivity contribution is 6.20. The van der Waals surface area contributed by atoms with Gasteiger partial charge in [-0.25, -0.2) is 0 Å². The van der Waals surface area contributed by atoms with Crippen LogP contribution in [0.2, 0.25) is 0 Å². The lowest BCUT2D eigenvalue weighted by Gasteiger charge is -2.23. The Labute approximate surface area is 118 Å². The fraction of sp³-hybridized carbons (Fsp3) is 0.571. The molecule has 2 unspecified atom stereocenters. The van der Waals surface area contributed by atoms with E-state index in [4.69, 9.17) is 16.3 Å². The Hall–Kier alpha value is -1.29. The van der Waals surface area contributed by atoms with Gasteiger partial charge in [0.05, 0.1) is 18.1 Å². The maximum atomic E-state index is 10.9. The van der Waals surface area contributed by atoms with E-state index in [1.165, 1.54) is 13.2 Å². The molecule has 0 radical (unpaired) electrons. The number of hydrogen-bond donors (Lipinski definition) is 0. The molecule has 0 heterocycles. The minimum atomic E-state index is -0.402. The van der Waals surface area contributed by atoms with Crippen LogP contribution in [0.25, 0.3) is 0 Å². The Morgan fingerprint density at radius 3 is 2.37 bits per heavy atom. The molecule has 0 saturated carbocycles. The van der Waals surface area contributed by atoms with Crippen LogP contribution >= 0.6 is 11.6 Å². The van der Waals surface area contributed by atoms with Gasteiger partial charge in [0.25, 0.3) is 5.69 Å². The predicted octanol–water partition coefficient (Wildman–Crippen LogP) is 4.05. The first kappa shape index (κ1) is 15.8. The van der Waals surface area contributed by atoms with E-state index in [1.807, 2.05) is 13.0 Å². The van der Waals surface area contributed by atoms with Crippen molar-refractivity contribution in [1.82, 2.24) is 0 Å². The number of alkyl halides is 1. The lowest BCUT2D eigenvalue weighted by molar-refractivity contribution is -0.385. The van der Waals surface area contributed by atoms with E-state index in [1.54, 1.807) is 6.07 Å². The molecule has 1 rings (SSSR count). The summed E-state index contributed by atoms with van der Waals surface area (Å²) in [6, 6.07) is 4.86. The fourth-order valence-corrected chi connectivity index (χ4v) is 2.57. The third-order valence-corrected chi connectivity index (χ3v) is 3.64. The van der Waals surface area contributed by atoms with Gasteiger partial charge in [0.1, 0.15) is 5.75 Å². The Balaban J connectivity index is 3.05. The number of hydrogen-bond acceptors (Lipinski definition) is 3. The van der Waals surface area contributed by atoms with E-state index in [-0.39, 0.29) is 17.0 Å². The number of nitro groups is 1. The first-order chi connectivity index (χ1) is 8.85. The molecule has 4 nitrogen and oxygen atoms in total. The maximum Gasteiger partial charge on any atom is 0.273 e. The molecule has 0 fully saturated rings. The molecule has 19 heavy (non-hydrogen) atoms. The van der Waals surface area contributed by atoms with Crippen molar-refractivity contribution in [3.8, 4) is 5.75 Å². The number of halogens is 1. The summed E-state index contributed by atoms with van der Waals surface area (Å²) in [7, 11) is 1.51. The molecule has 1 aromatic rings. The molecule has 0 spiro atoms. The zero-order chi connectivity index (χ0) is 14.6. The summed E-state index contributed by atoms with van der Waals surface area (Å²) in [5.41, 5.74) is 0.941. The third kappa shape index (κ3) is 4.39. The van der Waals surface area contributed by atoms with Crippen LogP contribution < -0.4 is 4.74 Å². The summed E-state index contributed by atoms with van der Waals surface area (Å²) >= 11 is 6.20. The van der Waals surface area contributed by atoms with Crippen LogP contribution in [0.4, 0.5) is 5.69 Å². The second kappa shape index (κ2) is 6.75. The first-order valence-electron chi connectivity index (χ1n) is 6.31. The van der Waals surface area contributed by atoms with Gasteiger partial charge in [0, 0.05) is 11.4 Å². The number of rotatable bonds is 6. The Morgan fingerprint density at radius 1 is 1.32 bits per heavy atom. The number of methoxy groups -OCH3 is 1. The lowest BCUT2D eigenvalue weighted by atomic mass is 9.87. The lowest BCUT2D eigenvalue weighted by Crippen LogP contribution is -2.20. The molecule has 0 bridgehead atoms. The van der Waals surface area contributed by atoms with Crippen LogP contribution in [0.3, 0.4) is 0 Å². The molecule has 0 saturated heterocycles. The van der Waals surface area contributed by atoms with E-state index < -0.39 is 4.92 Å². The number of nitro benzene ring substituents is 1. The highest BCUT2D eigenvalue weighted by atomic mass is 35.5. The Kier molecular flexibility index (Phi) is 5.60. The SMILES string of the molecule is COc1cc(CC(C(C)C)C(C)Cl)cc([N+](=O)[O-])c1. The zero-order valence-electron chi connectivity index (χ0n) is 11.7. The van der Waals surface area contributed by atoms with Crippen LogP contribution in [-0.4, -0.2) is 17.4 Å². The van der Waals surface area contributed by atoms with Crippen LogP contribution in [0.15, 0.2) is 18.2 Å². The average molecular weight is 286 g/mol. The fourth-order valence-electron chi connectivity index (χ4n) is 2.19. The molecule has 1 aromatic carbocycles. The molecule has 0 aliphatic heterocycles. The number of non-ortho nitro benzene ring substituents is 1. The summed E-state index contributed by atoms with van der Waals surface area (Å²) in [6.45, 7) is 6.18. The maximum absolute atomic E-state index is 10.9. The average Bonchev–Trinajstić information content (AvgIpc) is 2.34. The molecule has 0 aliphatic rings. The highest BCUT2D eigenvalue weighted by Gasteiger charge is 2.21. The van der Waals surface area contributed by atoms with Gasteiger partial charge < -0.3 is 4.74 Å². The molecule has 106 valence electrons. The van der Waals surface area contributed by atoms with Crippen molar-refractivity contribution in [1.29, 1.82) is 0 Å². The van der Waals surface area contributed by atoms with Crippen molar-refractivity contribution in [2.24, 2.45) is 11.8 Å². The first-order valence-corrected chi connectivity index (χ1v) is 6.75. The van der Waals surface area contributed by atoms with Crippen molar-refractivity contribution in [2.45, 2.75) is 32.6 Å². The van der Waals surface area contributed by atoms with Crippen molar-refractivity contribution < 1.29 is 9.66 Å². The second-order valence-corrected chi connectivity index (χ2v) is 5.77. The molecule has 0 aromatic heterocycles. The van der Waals surface area contributed by atoms with E-state index in [0.717, 1.165) is 5.56 Å². The summed E-state index contributed by atoms with van der Waals surface area (Å²) < 4.78 is 5.11. The molecule has 5 heteroatoms. The molecule has 0 aliphatic carbocycles. The third-order valence-electron chi connectivity index (χ3n) is 3.32. The molecular weight excluding hydrogens is 266 g/mol. The van der Waals surface area contributed by atoms with E-state index >= 15 is 0 Å². The van der Waals surface area contributed by atoms with Crippen molar-refractivity contribution in [3.63, 3.8) is 0 Å². The van der Waals surface area contributed by atoms with Crippen molar-refractivity contribution in [3.05, 3.63) is 33.9 Å². The van der Waals surface area contributed by atoms with Gasteiger partial charge in [0.15, 0.2) is 0 Å². The van der Waals surface area contributed by atoms with Crippen LogP contribution in [0, 0.1) is 22.0 Å².